The quantitative estimate of drug-likeness (QED) is 0.653. The summed E-state index contributed by atoms with van der Waals surface area (Å²) in [5.41, 5.74) is 2.00. The van der Waals surface area contributed by atoms with Crippen molar-refractivity contribution in [3.63, 3.8) is 0 Å². The van der Waals surface area contributed by atoms with E-state index in [1.54, 1.807) is 0 Å². The van der Waals surface area contributed by atoms with Crippen LogP contribution < -0.4 is 10.0 Å². The molecule has 0 heterocycles. The second-order valence-electron chi connectivity index (χ2n) is 5.83. The molecule has 0 fully saturated rings. The molecule has 4 nitrogen and oxygen atoms in total. The Morgan fingerprint density at radius 2 is 1.67 bits per heavy atom. The van der Waals surface area contributed by atoms with Crippen LogP contribution in [0.1, 0.15) is 44.7 Å². The van der Waals surface area contributed by atoms with Crippen molar-refractivity contribution in [1.29, 1.82) is 0 Å². The van der Waals surface area contributed by atoms with Crippen LogP contribution in [0, 0.1) is 5.92 Å². The van der Waals surface area contributed by atoms with Crippen LogP contribution in [0.2, 0.25) is 0 Å². The summed E-state index contributed by atoms with van der Waals surface area (Å²) in [6, 6.07) is 7.76. The largest absolute Gasteiger partial charge is 0.313 e. The molecule has 2 N–H and O–H groups in total. The molecule has 0 aromatic heterocycles. The van der Waals surface area contributed by atoms with Gasteiger partial charge in [-0.05, 0) is 36.4 Å². The molecule has 0 aliphatic rings. The molecule has 1 aromatic rings. The number of nitrogens with one attached hydrogen (secondary N) is 2. The molecule has 0 aliphatic heterocycles. The molecule has 1 rings (SSSR count). The van der Waals surface area contributed by atoms with Gasteiger partial charge in [-0.3, -0.25) is 0 Å². The maximum absolute atomic E-state index is 12.0. The molecule has 21 heavy (non-hydrogen) atoms. The van der Waals surface area contributed by atoms with Crippen molar-refractivity contribution >= 4 is 10.0 Å². The van der Waals surface area contributed by atoms with E-state index in [2.05, 4.69) is 30.8 Å². The number of rotatable bonds is 10. The Labute approximate surface area is 129 Å². The molecule has 0 radical (unpaired) electrons. The van der Waals surface area contributed by atoms with Gasteiger partial charge in [0.05, 0.1) is 5.75 Å². The number of hydrogen-bond donors (Lipinski definition) is 2. The number of hydrogen-bond acceptors (Lipinski definition) is 3. The van der Waals surface area contributed by atoms with Crippen LogP contribution in [-0.2, 0) is 22.3 Å². The monoisotopic (exact) mass is 312 g/mol. The second-order valence-corrected chi connectivity index (χ2v) is 7.64. The molecule has 1 aromatic carbocycles. The predicted octanol–water partition coefficient (Wildman–Crippen LogP) is 2.65. The van der Waals surface area contributed by atoms with E-state index < -0.39 is 10.0 Å². The zero-order valence-electron chi connectivity index (χ0n) is 13.4. The molecule has 0 amide bonds. The van der Waals surface area contributed by atoms with Gasteiger partial charge in [0.25, 0.3) is 0 Å². The first-order valence-electron chi connectivity index (χ1n) is 7.69. The lowest BCUT2D eigenvalue weighted by Crippen LogP contribution is -2.26. The minimum atomic E-state index is -3.23. The molecule has 0 unspecified atom stereocenters. The van der Waals surface area contributed by atoms with Gasteiger partial charge in [-0.1, -0.05) is 45.0 Å². The van der Waals surface area contributed by atoms with Crippen molar-refractivity contribution < 1.29 is 8.42 Å². The van der Waals surface area contributed by atoms with Crippen LogP contribution in [0.15, 0.2) is 24.3 Å². The maximum Gasteiger partial charge on any atom is 0.215 e. The van der Waals surface area contributed by atoms with Crippen LogP contribution in [0.5, 0.6) is 0 Å². The minimum absolute atomic E-state index is 0.0494. The van der Waals surface area contributed by atoms with Crippen molar-refractivity contribution in [3.8, 4) is 0 Å². The third kappa shape index (κ3) is 8.19. The van der Waals surface area contributed by atoms with E-state index in [0.29, 0.717) is 12.5 Å². The molecule has 120 valence electrons. The normalized spacial score (nSPS) is 12.0. The zero-order chi connectivity index (χ0) is 15.7. The average Bonchev–Trinajstić information content (AvgIpc) is 2.40. The number of sulfonamides is 1. The van der Waals surface area contributed by atoms with Gasteiger partial charge in [-0.15, -0.1) is 0 Å². The Balaban J connectivity index is 2.46. The third-order valence-electron chi connectivity index (χ3n) is 3.18. The van der Waals surface area contributed by atoms with Gasteiger partial charge >= 0.3 is 0 Å². The summed E-state index contributed by atoms with van der Waals surface area (Å²) in [5.74, 6) is 0.552. The standard InChI is InChI=1S/C16H28N2O2S/c1-4-10-17-12-15-5-7-16(8-6-15)13-21(19,20)18-11-9-14(2)3/h5-8,14,17-18H,4,9-13H2,1-3H3. The first-order chi connectivity index (χ1) is 9.93. The van der Waals surface area contributed by atoms with Crippen LogP contribution in [0.4, 0.5) is 0 Å². The van der Waals surface area contributed by atoms with Crippen LogP contribution >= 0.6 is 0 Å². The van der Waals surface area contributed by atoms with Crippen molar-refractivity contribution in [2.24, 2.45) is 5.92 Å². The van der Waals surface area contributed by atoms with Gasteiger partial charge in [-0.25, -0.2) is 13.1 Å². The molecule has 0 atom stereocenters. The van der Waals surface area contributed by atoms with Crippen LogP contribution in [0.3, 0.4) is 0 Å². The summed E-state index contributed by atoms with van der Waals surface area (Å²) in [5, 5.41) is 3.33. The lowest BCUT2D eigenvalue weighted by Gasteiger charge is -2.09. The fourth-order valence-electron chi connectivity index (χ4n) is 1.94. The van der Waals surface area contributed by atoms with E-state index in [1.807, 2.05) is 24.3 Å². The predicted molar refractivity (Wildman–Crippen MR) is 88.5 cm³/mol. The van der Waals surface area contributed by atoms with Gasteiger partial charge in [-0.2, -0.15) is 0 Å². The summed E-state index contributed by atoms with van der Waals surface area (Å²) < 4.78 is 26.6. The summed E-state index contributed by atoms with van der Waals surface area (Å²) in [4.78, 5) is 0. The average molecular weight is 312 g/mol. The summed E-state index contributed by atoms with van der Waals surface area (Å²) >= 11 is 0. The fraction of sp³-hybridized carbons (Fsp3) is 0.625. The first kappa shape index (κ1) is 18.1. The SMILES string of the molecule is CCCNCc1ccc(CS(=O)(=O)NCCC(C)C)cc1. The van der Waals surface area contributed by atoms with Crippen molar-refractivity contribution in [1.82, 2.24) is 10.0 Å². The van der Waals surface area contributed by atoms with Gasteiger partial charge in [0, 0.05) is 13.1 Å². The van der Waals surface area contributed by atoms with E-state index in [9.17, 15) is 8.42 Å². The highest BCUT2D eigenvalue weighted by atomic mass is 32.2. The van der Waals surface area contributed by atoms with Crippen molar-refractivity contribution in [2.45, 2.75) is 45.9 Å². The highest BCUT2D eigenvalue weighted by molar-refractivity contribution is 7.88. The van der Waals surface area contributed by atoms with Gasteiger partial charge in [0.2, 0.25) is 10.0 Å². The topological polar surface area (TPSA) is 58.2 Å². The Hall–Kier alpha value is -0.910. The molecular formula is C16H28N2O2S. The van der Waals surface area contributed by atoms with Gasteiger partial charge in [0.15, 0.2) is 0 Å². The molecule has 0 saturated heterocycles. The third-order valence-corrected chi connectivity index (χ3v) is 4.54. The highest BCUT2D eigenvalue weighted by Crippen LogP contribution is 2.08. The second kappa shape index (κ2) is 9.18. The van der Waals surface area contributed by atoms with Crippen molar-refractivity contribution in [3.05, 3.63) is 35.4 Å². The van der Waals surface area contributed by atoms with Crippen LogP contribution in [0.25, 0.3) is 0 Å². The lowest BCUT2D eigenvalue weighted by molar-refractivity contribution is 0.551. The maximum atomic E-state index is 12.0. The molecule has 0 saturated carbocycles. The molecule has 0 bridgehead atoms. The number of benzene rings is 1. The van der Waals surface area contributed by atoms with Crippen LogP contribution in [-0.4, -0.2) is 21.5 Å². The van der Waals surface area contributed by atoms with E-state index >= 15 is 0 Å². The summed E-state index contributed by atoms with van der Waals surface area (Å²) in [6.07, 6.45) is 1.97. The Bertz CT molecular complexity index is 496. The smallest absolute Gasteiger partial charge is 0.215 e. The Kier molecular flexibility index (Phi) is 7.93. The lowest BCUT2D eigenvalue weighted by atomic mass is 10.1. The minimum Gasteiger partial charge on any atom is -0.313 e. The molecule has 5 heteroatoms. The van der Waals surface area contributed by atoms with Gasteiger partial charge in [0.1, 0.15) is 0 Å². The molecule has 0 aliphatic carbocycles. The van der Waals surface area contributed by atoms with Gasteiger partial charge < -0.3 is 5.32 Å². The van der Waals surface area contributed by atoms with Crippen molar-refractivity contribution in [2.75, 3.05) is 13.1 Å². The molecule has 0 spiro atoms. The van der Waals surface area contributed by atoms with E-state index in [-0.39, 0.29) is 5.75 Å². The Morgan fingerprint density at radius 1 is 1.05 bits per heavy atom. The summed E-state index contributed by atoms with van der Waals surface area (Å²) in [6.45, 7) is 8.63. The molecular weight excluding hydrogens is 284 g/mol. The Morgan fingerprint density at radius 3 is 2.24 bits per heavy atom. The van der Waals surface area contributed by atoms with E-state index in [0.717, 1.165) is 31.5 Å². The van der Waals surface area contributed by atoms with E-state index in [4.69, 9.17) is 0 Å². The zero-order valence-corrected chi connectivity index (χ0v) is 14.2. The fourth-order valence-corrected chi connectivity index (χ4v) is 3.10. The first-order valence-corrected chi connectivity index (χ1v) is 9.34. The highest BCUT2D eigenvalue weighted by Gasteiger charge is 2.11. The summed E-state index contributed by atoms with van der Waals surface area (Å²) in [7, 11) is -3.23. The van der Waals surface area contributed by atoms with E-state index in [1.165, 1.54) is 5.56 Å².